The molecule has 22 heavy (non-hydrogen) atoms. The van der Waals surface area contributed by atoms with E-state index in [0.717, 1.165) is 33.8 Å². The predicted molar refractivity (Wildman–Crippen MR) is 94.1 cm³/mol. The van der Waals surface area contributed by atoms with Gasteiger partial charge in [-0.3, -0.25) is 9.79 Å². The maximum atomic E-state index is 12.1. The van der Waals surface area contributed by atoms with Crippen molar-refractivity contribution in [1.29, 1.82) is 0 Å². The molecular formula is C16H17BrN2O2S. The SMILES string of the molecule is COc1ccc(/C=C2/SC(=NC3CCCC3)NC2=O)cc1Br. The van der Waals surface area contributed by atoms with Gasteiger partial charge in [0.05, 0.1) is 22.5 Å². The van der Waals surface area contributed by atoms with Gasteiger partial charge < -0.3 is 10.1 Å². The monoisotopic (exact) mass is 380 g/mol. The molecule has 2 aliphatic rings. The van der Waals surface area contributed by atoms with E-state index in [-0.39, 0.29) is 5.91 Å². The first-order valence-electron chi connectivity index (χ1n) is 7.28. The zero-order valence-corrected chi connectivity index (χ0v) is 14.7. The second-order valence-corrected chi connectivity index (χ2v) is 7.22. The zero-order valence-electron chi connectivity index (χ0n) is 12.3. The van der Waals surface area contributed by atoms with Crippen LogP contribution < -0.4 is 10.1 Å². The maximum Gasteiger partial charge on any atom is 0.264 e. The standard InChI is InChI=1S/C16H17BrN2O2S/c1-21-13-7-6-10(8-12(13)17)9-14-15(20)19-16(22-14)18-11-4-2-3-5-11/h6-9,11H,2-5H2,1H3,(H,18,19,20)/b14-9+. The largest absolute Gasteiger partial charge is 0.496 e. The number of hydrogen-bond acceptors (Lipinski definition) is 4. The molecule has 1 N–H and O–H groups in total. The lowest BCUT2D eigenvalue weighted by atomic mass is 10.2. The number of methoxy groups -OCH3 is 1. The molecule has 2 fully saturated rings. The van der Waals surface area contributed by atoms with Crippen LogP contribution in [0.5, 0.6) is 5.75 Å². The Hall–Kier alpha value is -1.27. The Morgan fingerprint density at radius 1 is 1.41 bits per heavy atom. The molecule has 1 aromatic carbocycles. The molecule has 1 aliphatic carbocycles. The molecule has 1 heterocycles. The average Bonchev–Trinajstić information content (AvgIpc) is 3.10. The van der Waals surface area contributed by atoms with E-state index in [4.69, 9.17) is 4.74 Å². The van der Waals surface area contributed by atoms with Crippen molar-refractivity contribution in [2.24, 2.45) is 4.99 Å². The molecule has 1 saturated carbocycles. The van der Waals surface area contributed by atoms with Crippen LogP contribution in [0, 0.1) is 0 Å². The highest BCUT2D eigenvalue weighted by Gasteiger charge is 2.25. The number of halogens is 1. The number of rotatable bonds is 3. The molecule has 4 nitrogen and oxygen atoms in total. The van der Waals surface area contributed by atoms with Crippen LogP contribution in [0.4, 0.5) is 0 Å². The van der Waals surface area contributed by atoms with E-state index in [2.05, 4.69) is 26.2 Å². The second kappa shape index (κ2) is 6.87. The van der Waals surface area contributed by atoms with E-state index in [1.807, 2.05) is 24.3 Å². The molecular weight excluding hydrogens is 364 g/mol. The summed E-state index contributed by atoms with van der Waals surface area (Å²) in [7, 11) is 1.63. The summed E-state index contributed by atoms with van der Waals surface area (Å²) in [5.41, 5.74) is 0.951. The highest BCUT2D eigenvalue weighted by molar-refractivity contribution is 9.10. The van der Waals surface area contributed by atoms with Gasteiger partial charge in [0.2, 0.25) is 0 Å². The first-order chi connectivity index (χ1) is 10.7. The highest BCUT2D eigenvalue weighted by atomic mass is 79.9. The fourth-order valence-electron chi connectivity index (χ4n) is 2.61. The van der Waals surface area contributed by atoms with Gasteiger partial charge in [0.1, 0.15) is 5.75 Å². The zero-order chi connectivity index (χ0) is 15.5. The van der Waals surface area contributed by atoms with E-state index in [1.54, 1.807) is 7.11 Å². The van der Waals surface area contributed by atoms with Gasteiger partial charge >= 0.3 is 0 Å². The lowest BCUT2D eigenvalue weighted by Crippen LogP contribution is -2.21. The summed E-state index contributed by atoms with van der Waals surface area (Å²) in [6, 6.07) is 6.11. The van der Waals surface area contributed by atoms with Crippen LogP contribution in [-0.4, -0.2) is 24.2 Å². The van der Waals surface area contributed by atoms with Crippen molar-refractivity contribution < 1.29 is 9.53 Å². The van der Waals surface area contributed by atoms with Gasteiger partial charge in [-0.05, 0) is 64.3 Å². The van der Waals surface area contributed by atoms with Gasteiger partial charge in [0, 0.05) is 0 Å². The third-order valence-electron chi connectivity index (χ3n) is 3.75. The number of benzene rings is 1. The molecule has 0 radical (unpaired) electrons. The summed E-state index contributed by atoms with van der Waals surface area (Å²) < 4.78 is 6.08. The molecule has 0 atom stereocenters. The predicted octanol–water partition coefficient (Wildman–Crippen LogP) is 3.96. The van der Waals surface area contributed by atoms with Crippen molar-refractivity contribution in [2.75, 3.05) is 7.11 Å². The summed E-state index contributed by atoms with van der Waals surface area (Å²) in [6.45, 7) is 0. The number of nitrogens with one attached hydrogen (secondary N) is 1. The number of aliphatic imine (C=N–C) groups is 1. The van der Waals surface area contributed by atoms with Crippen molar-refractivity contribution >= 4 is 44.8 Å². The summed E-state index contributed by atoms with van der Waals surface area (Å²) in [5, 5.41) is 3.59. The molecule has 1 saturated heterocycles. The van der Waals surface area contributed by atoms with E-state index in [0.29, 0.717) is 10.9 Å². The fourth-order valence-corrected chi connectivity index (χ4v) is 4.06. The molecule has 3 rings (SSSR count). The minimum atomic E-state index is -0.0753. The number of amidine groups is 1. The first-order valence-corrected chi connectivity index (χ1v) is 8.89. The van der Waals surface area contributed by atoms with Crippen LogP contribution in [0.15, 0.2) is 32.6 Å². The van der Waals surface area contributed by atoms with Crippen LogP contribution in [0.2, 0.25) is 0 Å². The normalized spacial score (nSPS) is 22.5. The molecule has 0 spiro atoms. The molecule has 116 valence electrons. The van der Waals surface area contributed by atoms with Gasteiger partial charge in [0.15, 0.2) is 5.17 Å². The van der Waals surface area contributed by atoms with Crippen molar-refractivity contribution in [2.45, 2.75) is 31.7 Å². The first kappa shape index (κ1) is 15.6. The number of amides is 1. The van der Waals surface area contributed by atoms with E-state index in [9.17, 15) is 4.79 Å². The topological polar surface area (TPSA) is 50.7 Å². The third kappa shape index (κ3) is 3.55. The second-order valence-electron chi connectivity index (χ2n) is 5.33. The maximum absolute atomic E-state index is 12.1. The average molecular weight is 381 g/mol. The van der Waals surface area contributed by atoms with Crippen LogP contribution in [-0.2, 0) is 4.79 Å². The Morgan fingerprint density at radius 2 is 2.18 bits per heavy atom. The van der Waals surface area contributed by atoms with Gasteiger partial charge in [-0.1, -0.05) is 18.9 Å². The summed E-state index contributed by atoms with van der Waals surface area (Å²) in [4.78, 5) is 17.4. The number of hydrogen-bond donors (Lipinski definition) is 1. The van der Waals surface area contributed by atoms with Crippen LogP contribution in [0.3, 0.4) is 0 Å². The quantitative estimate of drug-likeness (QED) is 0.807. The Kier molecular flexibility index (Phi) is 4.88. The molecule has 0 bridgehead atoms. The highest BCUT2D eigenvalue weighted by Crippen LogP contribution is 2.31. The number of nitrogens with zero attached hydrogens (tertiary/aromatic N) is 1. The van der Waals surface area contributed by atoms with Crippen LogP contribution in [0.25, 0.3) is 6.08 Å². The van der Waals surface area contributed by atoms with Crippen LogP contribution in [0.1, 0.15) is 31.2 Å². The smallest absolute Gasteiger partial charge is 0.264 e. The van der Waals surface area contributed by atoms with Crippen molar-refractivity contribution in [3.63, 3.8) is 0 Å². The molecule has 0 unspecified atom stereocenters. The van der Waals surface area contributed by atoms with Gasteiger partial charge in [-0.15, -0.1) is 0 Å². The summed E-state index contributed by atoms with van der Waals surface area (Å²) in [5.74, 6) is 0.697. The molecule has 1 aliphatic heterocycles. The number of ether oxygens (including phenoxy) is 1. The Morgan fingerprint density at radius 3 is 2.86 bits per heavy atom. The van der Waals surface area contributed by atoms with Gasteiger partial charge in [0.25, 0.3) is 5.91 Å². The van der Waals surface area contributed by atoms with Crippen molar-refractivity contribution in [1.82, 2.24) is 5.32 Å². The minimum absolute atomic E-state index is 0.0753. The van der Waals surface area contributed by atoms with Gasteiger partial charge in [-0.25, -0.2) is 0 Å². The van der Waals surface area contributed by atoms with Crippen LogP contribution >= 0.6 is 27.7 Å². The Balaban J connectivity index is 1.76. The lowest BCUT2D eigenvalue weighted by molar-refractivity contribution is -0.115. The Labute approximate surface area is 142 Å². The van der Waals surface area contributed by atoms with Crippen molar-refractivity contribution in [3.05, 3.63) is 33.1 Å². The van der Waals surface area contributed by atoms with Crippen molar-refractivity contribution in [3.8, 4) is 5.75 Å². The minimum Gasteiger partial charge on any atom is -0.496 e. The van der Waals surface area contributed by atoms with E-state index in [1.165, 1.54) is 24.6 Å². The third-order valence-corrected chi connectivity index (χ3v) is 5.29. The molecule has 1 amide bonds. The van der Waals surface area contributed by atoms with E-state index >= 15 is 0 Å². The number of carbonyl (C=O) groups is 1. The molecule has 0 aromatic heterocycles. The number of carbonyl (C=O) groups excluding carboxylic acids is 1. The van der Waals surface area contributed by atoms with Gasteiger partial charge in [-0.2, -0.15) is 0 Å². The molecule has 6 heteroatoms. The molecule has 1 aromatic rings. The fraction of sp³-hybridized carbons (Fsp3) is 0.375. The number of thioether (sulfide) groups is 1. The van der Waals surface area contributed by atoms with E-state index < -0.39 is 0 Å². The summed E-state index contributed by atoms with van der Waals surface area (Å²) >= 11 is 4.88. The summed E-state index contributed by atoms with van der Waals surface area (Å²) in [6.07, 6.45) is 6.61. The Bertz CT molecular complexity index is 652. The lowest BCUT2D eigenvalue weighted by Gasteiger charge is -2.03.